The summed E-state index contributed by atoms with van der Waals surface area (Å²) in [5.74, 6) is -0.425. The molecule has 0 spiro atoms. The lowest BCUT2D eigenvalue weighted by Crippen LogP contribution is -2.23. The van der Waals surface area contributed by atoms with Crippen LogP contribution in [0.4, 0.5) is 8.78 Å². The molecule has 7 heteroatoms. The van der Waals surface area contributed by atoms with E-state index in [2.05, 4.69) is 10.2 Å². The van der Waals surface area contributed by atoms with Crippen molar-refractivity contribution in [3.05, 3.63) is 41.2 Å². The second-order valence-electron chi connectivity index (χ2n) is 6.36. The number of halogens is 2. The molecule has 2 aromatic rings. The summed E-state index contributed by atoms with van der Waals surface area (Å²) in [6.07, 6.45) is 5.89. The van der Waals surface area contributed by atoms with E-state index in [0.717, 1.165) is 35.6 Å². The van der Waals surface area contributed by atoms with Crippen LogP contribution in [-0.2, 0) is 0 Å². The molecule has 0 radical (unpaired) electrons. The summed E-state index contributed by atoms with van der Waals surface area (Å²) in [6.45, 7) is 1.99. The first-order valence-corrected chi connectivity index (χ1v) is 9.17. The first-order valence-electron chi connectivity index (χ1n) is 8.30. The minimum Gasteiger partial charge on any atom is -0.204 e. The molecule has 4 rings (SSSR count). The number of hydrogen-bond acceptors (Lipinski definition) is 4. The number of thioether (sulfide) groups is 1. The smallest absolute Gasteiger partial charge is 0.204 e. The van der Waals surface area contributed by atoms with E-state index in [0.29, 0.717) is 11.5 Å². The highest BCUT2D eigenvalue weighted by molar-refractivity contribution is 8.00. The van der Waals surface area contributed by atoms with Crippen molar-refractivity contribution in [1.29, 1.82) is 0 Å². The fraction of sp³-hybridized carbons (Fsp3) is 0.471. The van der Waals surface area contributed by atoms with Crippen molar-refractivity contribution in [1.82, 2.24) is 14.9 Å². The van der Waals surface area contributed by atoms with Crippen LogP contribution in [0.2, 0.25) is 0 Å². The van der Waals surface area contributed by atoms with E-state index in [9.17, 15) is 8.78 Å². The van der Waals surface area contributed by atoms with Crippen LogP contribution >= 0.6 is 11.8 Å². The van der Waals surface area contributed by atoms with E-state index < -0.39 is 11.6 Å². The standard InChI is InChI=1S/C17H18F2N4S/c1-10-15(12-7-8-13(18)14(19)9-12)22-23-16(20-21-17(23)24-10)11-5-3-2-4-6-11/h7-11H,2-6H2,1H3/t10-/m1/s1. The monoisotopic (exact) mass is 348 g/mol. The molecule has 1 aliphatic heterocycles. The lowest BCUT2D eigenvalue weighted by molar-refractivity contribution is 0.417. The zero-order valence-corrected chi connectivity index (χ0v) is 14.2. The van der Waals surface area contributed by atoms with Crippen molar-refractivity contribution in [2.24, 2.45) is 5.10 Å². The number of fused-ring (bicyclic) bond motifs is 1. The van der Waals surface area contributed by atoms with Gasteiger partial charge < -0.3 is 0 Å². The van der Waals surface area contributed by atoms with Crippen molar-refractivity contribution in [2.45, 2.75) is 55.4 Å². The molecule has 1 aromatic carbocycles. The second-order valence-corrected chi connectivity index (χ2v) is 7.67. The molecule has 1 saturated carbocycles. The normalized spacial score (nSPS) is 21.5. The van der Waals surface area contributed by atoms with Crippen LogP contribution in [0.25, 0.3) is 0 Å². The molecular formula is C17H18F2N4S. The summed E-state index contributed by atoms with van der Waals surface area (Å²) >= 11 is 1.55. The zero-order valence-electron chi connectivity index (χ0n) is 13.4. The van der Waals surface area contributed by atoms with Gasteiger partial charge in [0.25, 0.3) is 0 Å². The van der Waals surface area contributed by atoms with Crippen molar-refractivity contribution in [2.75, 3.05) is 0 Å². The van der Waals surface area contributed by atoms with Crippen LogP contribution in [-0.4, -0.2) is 25.8 Å². The van der Waals surface area contributed by atoms with Crippen molar-refractivity contribution < 1.29 is 8.78 Å². The average Bonchev–Trinajstić information content (AvgIpc) is 3.00. The number of aromatic nitrogens is 3. The van der Waals surface area contributed by atoms with Gasteiger partial charge in [0.2, 0.25) is 5.16 Å². The van der Waals surface area contributed by atoms with E-state index in [-0.39, 0.29) is 5.25 Å². The molecule has 126 valence electrons. The van der Waals surface area contributed by atoms with Gasteiger partial charge >= 0.3 is 0 Å². The van der Waals surface area contributed by atoms with Gasteiger partial charge in [0.15, 0.2) is 17.5 Å². The van der Waals surface area contributed by atoms with Gasteiger partial charge in [-0.2, -0.15) is 9.78 Å². The molecule has 0 bridgehead atoms. The van der Waals surface area contributed by atoms with Crippen LogP contribution in [0.1, 0.15) is 56.3 Å². The Kier molecular flexibility index (Phi) is 4.12. The molecule has 0 unspecified atom stereocenters. The van der Waals surface area contributed by atoms with Crippen molar-refractivity contribution in [3.8, 4) is 0 Å². The summed E-state index contributed by atoms with van der Waals surface area (Å²) < 4.78 is 28.6. The minimum absolute atomic E-state index is 0.00534. The maximum Gasteiger partial charge on any atom is 0.212 e. The summed E-state index contributed by atoms with van der Waals surface area (Å²) in [5.41, 5.74) is 1.33. The average molecular weight is 348 g/mol. The largest absolute Gasteiger partial charge is 0.212 e. The molecule has 0 amide bonds. The van der Waals surface area contributed by atoms with Crippen LogP contribution < -0.4 is 0 Å². The molecule has 4 nitrogen and oxygen atoms in total. The van der Waals surface area contributed by atoms with Gasteiger partial charge in [-0.3, -0.25) is 0 Å². The summed E-state index contributed by atoms with van der Waals surface area (Å²) in [6, 6.07) is 3.93. The third-order valence-electron chi connectivity index (χ3n) is 4.70. The van der Waals surface area contributed by atoms with E-state index in [1.807, 2.05) is 6.92 Å². The van der Waals surface area contributed by atoms with Gasteiger partial charge in [0.1, 0.15) is 0 Å². The first-order chi connectivity index (χ1) is 11.6. The highest BCUT2D eigenvalue weighted by Crippen LogP contribution is 2.36. The van der Waals surface area contributed by atoms with Crippen LogP contribution in [0.5, 0.6) is 0 Å². The molecule has 1 atom stereocenters. The van der Waals surface area contributed by atoms with Gasteiger partial charge in [-0.25, -0.2) is 8.78 Å². The molecule has 1 aromatic heterocycles. The molecule has 0 N–H and O–H groups in total. The molecule has 2 heterocycles. The number of benzene rings is 1. The zero-order chi connectivity index (χ0) is 16.7. The van der Waals surface area contributed by atoms with Gasteiger partial charge in [-0.15, -0.1) is 10.2 Å². The SMILES string of the molecule is C[C@H]1Sc2nnc(C3CCCCC3)n2N=C1c1ccc(F)c(F)c1. The van der Waals surface area contributed by atoms with Crippen LogP contribution in [0, 0.1) is 11.6 Å². The molecule has 24 heavy (non-hydrogen) atoms. The lowest BCUT2D eigenvalue weighted by Gasteiger charge is -2.23. The van der Waals surface area contributed by atoms with Gasteiger partial charge in [-0.1, -0.05) is 31.0 Å². The topological polar surface area (TPSA) is 43.1 Å². The highest BCUT2D eigenvalue weighted by Gasteiger charge is 2.29. The Labute approximate surface area is 143 Å². The predicted octanol–water partition coefficient (Wildman–Crippen LogP) is 4.35. The van der Waals surface area contributed by atoms with E-state index in [1.54, 1.807) is 22.5 Å². The second kappa shape index (κ2) is 6.27. The predicted molar refractivity (Wildman–Crippen MR) is 89.5 cm³/mol. The molecular weight excluding hydrogens is 330 g/mol. The molecule has 1 fully saturated rings. The van der Waals surface area contributed by atoms with Gasteiger partial charge in [-0.05, 0) is 38.0 Å². The maximum absolute atomic E-state index is 13.6. The Morgan fingerprint density at radius 1 is 1.08 bits per heavy atom. The Bertz CT molecular complexity index is 796. The van der Waals surface area contributed by atoms with E-state index >= 15 is 0 Å². The first kappa shape index (κ1) is 15.7. The third kappa shape index (κ3) is 2.75. The Morgan fingerprint density at radius 2 is 1.88 bits per heavy atom. The molecule has 1 aliphatic carbocycles. The minimum atomic E-state index is -0.852. The third-order valence-corrected chi connectivity index (χ3v) is 5.74. The van der Waals surface area contributed by atoms with Crippen LogP contribution in [0.15, 0.2) is 28.5 Å². The maximum atomic E-state index is 13.6. The lowest BCUT2D eigenvalue weighted by atomic mass is 9.89. The van der Waals surface area contributed by atoms with Crippen LogP contribution in [0.3, 0.4) is 0 Å². The highest BCUT2D eigenvalue weighted by atomic mass is 32.2. The van der Waals surface area contributed by atoms with Crippen molar-refractivity contribution in [3.63, 3.8) is 0 Å². The quantitative estimate of drug-likeness (QED) is 0.810. The molecule has 2 aliphatic rings. The number of rotatable bonds is 2. The Hall–Kier alpha value is -1.76. The van der Waals surface area contributed by atoms with E-state index in [4.69, 9.17) is 5.10 Å². The fourth-order valence-corrected chi connectivity index (χ4v) is 4.34. The molecule has 0 saturated heterocycles. The number of nitrogens with zero attached hydrogens (tertiary/aromatic N) is 4. The van der Waals surface area contributed by atoms with E-state index in [1.165, 1.54) is 25.3 Å². The summed E-state index contributed by atoms with van der Waals surface area (Å²) in [5, 5.41) is 14.1. The fourth-order valence-electron chi connectivity index (χ4n) is 3.41. The summed E-state index contributed by atoms with van der Waals surface area (Å²) in [4.78, 5) is 0. The summed E-state index contributed by atoms with van der Waals surface area (Å²) in [7, 11) is 0. The van der Waals surface area contributed by atoms with Crippen molar-refractivity contribution >= 4 is 17.5 Å². The van der Waals surface area contributed by atoms with Gasteiger partial charge in [0, 0.05) is 11.5 Å². The number of hydrogen-bond donors (Lipinski definition) is 0. The Balaban J connectivity index is 1.74. The Morgan fingerprint density at radius 3 is 2.62 bits per heavy atom. The van der Waals surface area contributed by atoms with Gasteiger partial charge in [0.05, 0.1) is 11.0 Å².